The Balaban J connectivity index is 2.59. The number of benzene rings is 1. The van der Waals surface area contributed by atoms with Crippen LogP contribution in [0.2, 0.25) is 13.6 Å². The fraction of sp³-hybridized carbons (Fsp3) is 0.455. The van der Waals surface area contributed by atoms with Gasteiger partial charge >= 0.3 is 0 Å². The molecule has 0 saturated heterocycles. The Kier molecular flexibility index (Phi) is 4.00. The summed E-state index contributed by atoms with van der Waals surface area (Å²) in [7, 11) is 0. The summed E-state index contributed by atoms with van der Waals surface area (Å²) in [4.78, 5) is 0. The second-order valence-electron chi connectivity index (χ2n) is 3.69. The van der Waals surface area contributed by atoms with Crippen molar-refractivity contribution in [2.45, 2.75) is 26.5 Å². The molecule has 0 unspecified atom stereocenters. The maximum Gasteiger partial charge on any atom is 0.169 e. The predicted molar refractivity (Wildman–Crippen MR) is 57.9 cm³/mol. The van der Waals surface area contributed by atoms with E-state index in [1.807, 2.05) is 0 Å². The van der Waals surface area contributed by atoms with Gasteiger partial charge in [-0.25, -0.2) is 0 Å². The summed E-state index contributed by atoms with van der Waals surface area (Å²) in [6, 6.07) is 8.48. The molecule has 0 spiro atoms. The summed E-state index contributed by atoms with van der Waals surface area (Å²) in [6.45, 7) is 4.72. The van der Waals surface area contributed by atoms with Crippen LogP contribution in [-0.4, -0.2) is 13.4 Å². The maximum atomic E-state index is 11.9. The normalized spacial score (nSPS) is 10.1. The molecule has 0 N–H and O–H groups in total. The second kappa shape index (κ2) is 5.06. The molecular formula is C11H16BF. The molecule has 0 atom stereocenters. The van der Waals surface area contributed by atoms with Crippen LogP contribution in [0.25, 0.3) is 0 Å². The van der Waals surface area contributed by atoms with Crippen LogP contribution in [-0.2, 0) is 6.42 Å². The van der Waals surface area contributed by atoms with Crippen LogP contribution in [0.3, 0.4) is 0 Å². The first-order valence-corrected chi connectivity index (χ1v) is 4.89. The number of alkyl halides is 1. The van der Waals surface area contributed by atoms with E-state index in [-0.39, 0.29) is 6.67 Å². The van der Waals surface area contributed by atoms with Gasteiger partial charge in [-0.3, -0.25) is 4.39 Å². The third-order valence-electron chi connectivity index (χ3n) is 2.25. The minimum absolute atomic E-state index is 0.216. The number of hydrogen-bond acceptors (Lipinski definition) is 0. The lowest BCUT2D eigenvalue weighted by Crippen LogP contribution is -2.21. The molecule has 0 aliphatic rings. The van der Waals surface area contributed by atoms with E-state index in [2.05, 4.69) is 37.9 Å². The lowest BCUT2D eigenvalue weighted by atomic mass is 9.49. The highest BCUT2D eigenvalue weighted by atomic mass is 19.1. The highest BCUT2D eigenvalue weighted by molar-refractivity contribution is 6.70. The van der Waals surface area contributed by atoms with Gasteiger partial charge in [-0.15, -0.1) is 0 Å². The largest absolute Gasteiger partial charge is 0.251 e. The van der Waals surface area contributed by atoms with Gasteiger partial charge in [0, 0.05) is 0 Å². The highest BCUT2D eigenvalue weighted by Gasteiger charge is 2.01. The Morgan fingerprint density at radius 1 is 1.15 bits per heavy atom. The van der Waals surface area contributed by atoms with Gasteiger partial charge in [0.15, 0.2) is 6.71 Å². The van der Waals surface area contributed by atoms with E-state index in [1.165, 1.54) is 11.0 Å². The van der Waals surface area contributed by atoms with E-state index in [0.29, 0.717) is 13.1 Å². The molecule has 0 saturated carbocycles. The van der Waals surface area contributed by atoms with Crippen molar-refractivity contribution in [3.63, 3.8) is 0 Å². The van der Waals surface area contributed by atoms with E-state index in [4.69, 9.17) is 0 Å². The third kappa shape index (κ3) is 3.21. The SMILES string of the molecule is CB(C)c1ccc(CCCF)cc1. The van der Waals surface area contributed by atoms with E-state index in [1.54, 1.807) is 0 Å². The average Bonchev–Trinajstić information content (AvgIpc) is 2.15. The Morgan fingerprint density at radius 2 is 1.77 bits per heavy atom. The fourth-order valence-corrected chi connectivity index (χ4v) is 1.34. The van der Waals surface area contributed by atoms with Crippen molar-refractivity contribution in [1.29, 1.82) is 0 Å². The van der Waals surface area contributed by atoms with Gasteiger partial charge in [-0.05, 0) is 18.4 Å². The van der Waals surface area contributed by atoms with E-state index in [9.17, 15) is 4.39 Å². The van der Waals surface area contributed by atoms with Gasteiger partial charge in [0.1, 0.15) is 0 Å². The summed E-state index contributed by atoms with van der Waals surface area (Å²) in [5, 5.41) is 0. The summed E-state index contributed by atoms with van der Waals surface area (Å²) >= 11 is 0. The van der Waals surface area contributed by atoms with E-state index >= 15 is 0 Å². The van der Waals surface area contributed by atoms with Gasteiger partial charge < -0.3 is 0 Å². The molecule has 0 aliphatic carbocycles. The van der Waals surface area contributed by atoms with Gasteiger partial charge in [0.25, 0.3) is 0 Å². The van der Waals surface area contributed by atoms with E-state index < -0.39 is 0 Å². The van der Waals surface area contributed by atoms with Crippen LogP contribution >= 0.6 is 0 Å². The number of aryl methyl sites for hydroxylation is 1. The smallest absolute Gasteiger partial charge is 0.169 e. The van der Waals surface area contributed by atoms with Gasteiger partial charge in [-0.2, -0.15) is 0 Å². The van der Waals surface area contributed by atoms with Crippen molar-refractivity contribution >= 4 is 12.2 Å². The van der Waals surface area contributed by atoms with Crippen LogP contribution in [0.15, 0.2) is 24.3 Å². The predicted octanol–water partition coefficient (Wildman–Crippen LogP) is 2.55. The topological polar surface area (TPSA) is 0 Å². The zero-order valence-corrected chi connectivity index (χ0v) is 8.39. The average molecular weight is 178 g/mol. The molecule has 0 radical (unpaired) electrons. The van der Waals surface area contributed by atoms with Crippen LogP contribution in [0.1, 0.15) is 12.0 Å². The number of hydrogen-bond donors (Lipinski definition) is 0. The minimum Gasteiger partial charge on any atom is -0.251 e. The molecule has 0 fully saturated rings. The van der Waals surface area contributed by atoms with Crippen molar-refractivity contribution in [3.05, 3.63) is 29.8 Å². The first-order valence-electron chi connectivity index (χ1n) is 4.89. The van der Waals surface area contributed by atoms with Crippen molar-refractivity contribution in [1.82, 2.24) is 0 Å². The first-order chi connectivity index (χ1) is 6.24. The zero-order chi connectivity index (χ0) is 9.68. The molecule has 1 rings (SSSR count). The third-order valence-corrected chi connectivity index (χ3v) is 2.25. The lowest BCUT2D eigenvalue weighted by Gasteiger charge is -2.03. The molecule has 1 aromatic rings. The van der Waals surface area contributed by atoms with Crippen LogP contribution in [0.5, 0.6) is 0 Å². The molecule has 0 aliphatic heterocycles. The molecule has 0 nitrogen and oxygen atoms in total. The molecule has 0 heterocycles. The minimum atomic E-state index is -0.216. The summed E-state index contributed by atoms with van der Waals surface area (Å²) in [6.07, 6.45) is 1.50. The van der Waals surface area contributed by atoms with Gasteiger partial charge in [0.05, 0.1) is 6.67 Å². The quantitative estimate of drug-likeness (QED) is 0.621. The maximum absolute atomic E-state index is 11.9. The van der Waals surface area contributed by atoms with Crippen LogP contribution in [0.4, 0.5) is 4.39 Å². The van der Waals surface area contributed by atoms with Crippen LogP contribution < -0.4 is 5.46 Å². The Bertz CT molecular complexity index is 241. The molecule has 1 aromatic carbocycles. The zero-order valence-electron chi connectivity index (χ0n) is 8.39. The molecule has 0 amide bonds. The highest BCUT2D eigenvalue weighted by Crippen LogP contribution is 2.02. The summed E-state index contributed by atoms with van der Waals surface area (Å²) < 4.78 is 11.9. The number of rotatable bonds is 4. The second-order valence-corrected chi connectivity index (χ2v) is 3.69. The molecule has 13 heavy (non-hydrogen) atoms. The summed E-state index contributed by atoms with van der Waals surface area (Å²) in [5.74, 6) is 0. The van der Waals surface area contributed by atoms with Crippen molar-refractivity contribution < 1.29 is 4.39 Å². The molecule has 2 heteroatoms. The molecular weight excluding hydrogens is 162 g/mol. The van der Waals surface area contributed by atoms with Crippen LogP contribution in [0, 0.1) is 0 Å². The Morgan fingerprint density at radius 3 is 2.23 bits per heavy atom. The van der Waals surface area contributed by atoms with Crippen molar-refractivity contribution in [2.24, 2.45) is 0 Å². The van der Waals surface area contributed by atoms with Crippen molar-refractivity contribution in [3.8, 4) is 0 Å². The fourth-order valence-electron chi connectivity index (χ4n) is 1.34. The number of halogens is 1. The van der Waals surface area contributed by atoms with Crippen molar-refractivity contribution in [2.75, 3.05) is 6.67 Å². The summed E-state index contributed by atoms with van der Waals surface area (Å²) in [5.41, 5.74) is 2.59. The molecule has 70 valence electrons. The molecule has 0 bridgehead atoms. The monoisotopic (exact) mass is 178 g/mol. The van der Waals surface area contributed by atoms with Gasteiger partial charge in [0.2, 0.25) is 0 Å². The molecule has 0 aromatic heterocycles. The van der Waals surface area contributed by atoms with E-state index in [0.717, 1.165) is 6.42 Å². The van der Waals surface area contributed by atoms with Gasteiger partial charge in [-0.1, -0.05) is 43.4 Å². The Labute approximate surface area is 80.2 Å². The standard InChI is InChI=1S/C11H16BF/c1-12(2)11-7-5-10(6-8-11)4-3-9-13/h5-8H,3-4,9H2,1-2H3. The Hall–Kier alpha value is -0.785. The first kappa shape index (κ1) is 10.3. The lowest BCUT2D eigenvalue weighted by molar-refractivity contribution is 0.473.